The predicted octanol–water partition coefficient (Wildman–Crippen LogP) is 4.37. The molecule has 1 heterocycles. The number of Topliss-reactive ketones (excluding diaryl/α,β-unsaturated/α-hetero) is 1. The van der Waals surface area contributed by atoms with Crippen LogP contribution in [0.4, 0.5) is 0 Å². The molecule has 0 amide bonds. The summed E-state index contributed by atoms with van der Waals surface area (Å²) in [5.41, 5.74) is 3.64. The van der Waals surface area contributed by atoms with Gasteiger partial charge in [0, 0.05) is 6.54 Å². The van der Waals surface area contributed by atoms with Crippen LogP contribution in [0.1, 0.15) is 43.4 Å². The molecule has 0 unspecified atom stereocenters. The first-order chi connectivity index (χ1) is 11.7. The van der Waals surface area contributed by atoms with Crippen molar-refractivity contribution in [2.75, 3.05) is 13.1 Å². The Balaban J connectivity index is 1.79. The maximum Gasteiger partial charge on any atom is 0.140 e. The second-order valence-corrected chi connectivity index (χ2v) is 6.91. The average Bonchev–Trinajstić information content (AvgIpc) is 2.63. The standard InChI is InChI=1S/C22H27NO/c1-3-20-11-7-8-12-21(20)22(18(2)24)13-15-23(16-14-22)17-19-9-5-4-6-10-19/h4-12H,3,13-17H2,1-2H3. The quantitative estimate of drug-likeness (QED) is 0.815. The highest BCUT2D eigenvalue weighted by molar-refractivity contribution is 5.88. The molecule has 0 aromatic heterocycles. The Kier molecular flexibility index (Phi) is 5.15. The van der Waals surface area contributed by atoms with Crippen molar-refractivity contribution < 1.29 is 4.79 Å². The fraction of sp³-hybridized carbons (Fsp3) is 0.409. The van der Waals surface area contributed by atoms with E-state index in [-0.39, 0.29) is 5.41 Å². The van der Waals surface area contributed by atoms with E-state index in [0.29, 0.717) is 5.78 Å². The number of hydrogen-bond acceptors (Lipinski definition) is 2. The number of benzene rings is 2. The van der Waals surface area contributed by atoms with Crippen LogP contribution in [0.5, 0.6) is 0 Å². The summed E-state index contributed by atoms with van der Waals surface area (Å²) in [6.07, 6.45) is 2.83. The van der Waals surface area contributed by atoms with Crippen LogP contribution < -0.4 is 0 Å². The van der Waals surface area contributed by atoms with Crippen molar-refractivity contribution in [2.24, 2.45) is 0 Å². The number of carbonyl (C=O) groups excluding carboxylic acids is 1. The SMILES string of the molecule is CCc1ccccc1C1(C(C)=O)CCN(Cc2ccccc2)CC1. The van der Waals surface area contributed by atoms with Gasteiger partial charge in [-0.3, -0.25) is 9.69 Å². The van der Waals surface area contributed by atoms with E-state index in [1.54, 1.807) is 6.92 Å². The Bertz CT molecular complexity index is 684. The van der Waals surface area contributed by atoms with E-state index in [2.05, 4.69) is 66.4 Å². The number of nitrogens with zero attached hydrogens (tertiary/aromatic N) is 1. The number of aryl methyl sites for hydroxylation is 1. The molecule has 3 rings (SSSR count). The Hall–Kier alpha value is -1.93. The summed E-state index contributed by atoms with van der Waals surface area (Å²) < 4.78 is 0. The lowest BCUT2D eigenvalue weighted by Crippen LogP contribution is -2.46. The zero-order valence-electron chi connectivity index (χ0n) is 14.8. The first kappa shape index (κ1) is 16.9. The van der Waals surface area contributed by atoms with E-state index < -0.39 is 0 Å². The number of piperidine rings is 1. The molecule has 1 aliphatic heterocycles. The van der Waals surface area contributed by atoms with Crippen molar-refractivity contribution in [1.29, 1.82) is 0 Å². The molecule has 0 atom stereocenters. The maximum absolute atomic E-state index is 12.6. The molecule has 2 nitrogen and oxygen atoms in total. The molecule has 0 aliphatic carbocycles. The zero-order chi connectivity index (χ0) is 17.0. The molecular weight excluding hydrogens is 294 g/mol. The van der Waals surface area contributed by atoms with Gasteiger partial charge in [-0.25, -0.2) is 0 Å². The third kappa shape index (κ3) is 3.29. The first-order valence-corrected chi connectivity index (χ1v) is 9.01. The van der Waals surface area contributed by atoms with Crippen molar-refractivity contribution in [2.45, 2.75) is 45.1 Å². The smallest absolute Gasteiger partial charge is 0.140 e. The third-order valence-electron chi connectivity index (χ3n) is 5.55. The van der Waals surface area contributed by atoms with Crippen LogP contribution in [0.2, 0.25) is 0 Å². The van der Waals surface area contributed by atoms with Crippen molar-refractivity contribution >= 4 is 5.78 Å². The lowest BCUT2D eigenvalue weighted by atomic mass is 9.68. The molecule has 1 aliphatic rings. The molecule has 0 bridgehead atoms. The van der Waals surface area contributed by atoms with Gasteiger partial charge in [-0.15, -0.1) is 0 Å². The van der Waals surface area contributed by atoms with Gasteiger partial charge in [0.1, 0.15) is 5.78 Å². The van der Waals surface area contributed by atoms with Crippen LogP contribution in [0, 0.1) is 0 Å². The van der Waals surface area contributed by atoms with Crippen molar-refractivity contribution in [3.05, 3.63) is 71.3 Å². The molecule has 1 fully saturated rings. The summed E-state index contributed by atoms with van der Waals surface area (Å²) in [7, 11) is 0. The minimum Gasteiger partial charge on any atom is -0.299 e. The maximum atomic E-state index is 12.6. The molecule has 2 aromatic rings. The summed E-state index contributed by atoms with van der Waals surface area (Å²) in [6, 6.07) is 19.1. The van der Waals surface area contributed by atoms with Crippen molar-refractivity contribution in [3.8, 4) is 0 Å². The van der Waals surface area contributed by atoms with Gasteiger partial charge in [0.15, 0.2) is 0 Å². The molecule has 0 radical (unpaired) electrons. The molecule has 24 heavy (non-hydrogen) atoms. The minimum atomic E-state index is -0.292. The Morgan fingerprint density at radius 3 is 2.25 bits per heavy atom. The number of hydrogen-bond donors (Lipinski definition) is 0. The monoisotopic (exact) mass is 321 g/mol. The zero-order valence-corrected chi connectivity index (χ0v) is 14.8. The Labute approximate surface area is 145 Å². The van der Waals surface area contributed by atoms with Crippen LogP contribution in [0.3, 0.4) is 0 Å². The van der Waals surface area contributed by atoms with E-state index in [4.69, 9.17) is 0 Å². The normalized spacial score (nSPS) is 17.6. The minimum absolute atomic E-state index is 0.292. The Morgan fingerprint density at radius 2 is 1.62 bits per heavy atom. The van der Waals surface area contributed by atoms with Gasteiger partial charge in [-0.05, 0) is 56.0 Å². The van der Waals surface area contributed by atoms with Crippen molar-refractivity contribution in [3.63, 3.8) is 0 Å². The molecule has 0 N–H and O–H groups in total. The number of rotatable bonds is 5. The van der Waals surface area contributed by atoms with Crippen LogP contribution >= 0.6 is 0 Å². The van der Waals surface area contributed by atoms with Gasteiger partial charge in [-0.1, -0.05) is 61.5 Å². The highest BCUT2D eigenvalue weighted by atomic mass is 16.1. The molecule has 0 spiro atoms. The number of likely N-dealkylation sites (tertiary alicyclic amines) is 1. The lowest BCUT2D eigenvalue weighted by Gasteiger charge is -2.41. The van der Waals surface area contributed by atoms with Gasteiger partial charge in [-0.2, -0.15) is 0 Å². The predicted molar refractivity (Wildman–Crippen MR) is 99.1 cm³/mol. The Morgan fingerprint density at radius 1 is 1.00 bits per heavy atom. The van der Waals surface area contributed by atoms with E-state index in [1.807, 2.05) is 0 Å². The first-order valence-electron chi connectivity index (χ1n) is 9.01. The third-order valence-corrected chi connectivity index (χ3v) is 5.55. The average molecular weight is 321 g/mol. The number of ketones is 1. The summed E-state index contributed by atoms with van der Waals surface area (Å²) in [5, 5.41) is 0. The summed E-state index contributed by atoms with van der Waals surface area (Å²) in [4.78, 5) is 15.1. The fourth-order valence-corrected chi connectivity index (χ4v) is 4.04. The second-order valence-electron chi connectivity index (χ2n) is 6.91. The molecule has 2 heteroatoms. The molecule has 0 saturated carbocycles. The van der Waals surface area contributed by atoms with Crippen molar-refractivity contribution in [1.82, 2.24) is 4.90 Å². The molecule has 2 aromatic carbocycles. The lowest BCUT2D eigenvalue weighted by molar-refractivity contribution is -0.124. The topological polar surface area (TPSA) is 20.3 Å². The largest absolute Gasteiger partial charge is 0.299 e. The molecule has 126 valence electrons. The highest BCUT2D eigenvalue weighted by Gasteiger charge is 2.41. The van der Waals surface area contributed by atoms with Gasteiger partial charge >= 0.3 is 0 Å². The van der Waals surface area contributed by atoms with Gasteiger partial charge < -0.3 is 0 Å². The van der Waals surface area contributed by atoms with Gasteiger partial charge in [0.05, 0.1) is 5.41 Å². The fourth-order valence-electron chi connectivity index (χ4n) is 4.04. The van der Waals surface area contributed by atoms with Crippen LogP contribution in [0.15, 0.2) is 54.6 Å². The van der Waals surface area contributed by atoms with E-state index in [9.17, 15) is 4.79 Å². The summed E-state index contributed by atoms with van der Waals surface area (Å²) in [5.74, 6) is 0.322. The summed E-state index contributed by atoms with van der Waals surface area (Å²) >= 11 is 0. The van der Waals surface area contributed by atoms with E-state index in [0.717, 1.165) is 38.9 Å². The van der Waals surface area contributed by atoms with Crippen LogP contribution in [-0.4, -0.2) is 23.8 Å². The molecule has 1 saturated heterocycles. The van der Waals surface area contributed by atoms with Crippen LogP contribution in [-0.2, 0) is 23.2 Å². The highest BCUT2D eigenvalue weighted by Crippen LogP contribution is 2.38. The van der Waals surface area contributed by atoms with Gasteiger partial charge in [0.2, 0.25) is 0 Å². The van der Waals surface area contributed by atoms with Gasteiger partial charge in [0.25, 0.3) is 0 Å². The van der Waals surface area contributed by atoms with Crippen LogP contribution in [0.25, 0.3) is 0 Å². The second kappa shape index (κ2) is 7.31. The molecular formula is C22H27NO. The summed E-state index contributed by atoms with van der Waals surface area (Å²) in [6.45, 7) is 6.89. The van der Waals surface area contributed by atoms with E-state index >= 15 is 0 Å². The van der Waals surface area contributed by atoms with E-state index in [1.165, 1.54) is 16.7 Å². The number of carbonyl (C=O) groups is 1.